The number of methoxy groups -OCH3 is 1. The molecule has 0 atom stereocenters. The smallest absolute Gasteiger partial charge is 0.196 e. The number of hydrogen-bond acceptors (Lipinski definition) is 7. The van der Waals surface area contributed by atoms with Crippen molar-refractivity contribution in [3.8, 4) is 11.5 Å². The molecule has 2 aromatic carbocycles. The Kier molecular flexibility index (Phi) is 8.30. The Hall–Kier alpha value is -3.21. The summed E-state index contributed by atoms with van der Waals surface area (Å²) in [6.45, 7) is 8.10. The molecule has 0 unspecified atom stereocenters. The molecule has 0 amide bonds. The van der Waals surface area contributed by atoms with Crippen LogP contribution < -0.4 is 4.74 Å². The summed E-state index contributed by atoms with van der Waals surface area (Å²) in [6, 6.07) is 13.5. The largest absolute Gasteiger partial charge is 0.455 e. The van der Waals surface area contributed by atoms with Gasteiger partial charge in [-0.15, -0.1) is 0 Å². The Morgan fingerprint density at radius 1 is 1.07 bits per heavy atom. The van der Waals surface area contributed by atoms with Crippen molar-refractivity contribution in [1.29, 1.82) is 0 Å². The third kappa shape index (κ3) is 6.08. The maximum atomic E-state index is 13.7. The number of benzene rings is 2. The predicted molar refractivity (Wildman–Crippen MR) is 159 cm³/mol. The number of ketones is 1. The Bertz CT molecular complexity index is 1690. The molecule has 5 aromatic rings. The zero-order valence-electron chi connectivity index (χ0n) is 22.7. The molecule has 0 bridgehead atoms. The molecule has 5 rings (SSSR count). The number of para-hydroxylation sites is 1. The summed E-state index contributed by atoms with van der Waals surface area (Å²) in [4.78, 5) is 22.2. The minimum absolute atomic E-state index is 0.185. The van der Waals surface area contributed by atoms with Gasteiger partial charge in [0.25, 0.3) is 0 Å². The molecule has 0 radical (unpaired) electrons. The van der Waals surface area contributed by atoms with Crippen molar-refractivity contribution in [3.63, 3.8) is 0 Å². The second kappa shape index (κ2) is 11.7. The van der Waals surface area contributed by atoms with Crippen molar-refractivity contribution in [3.05, 3.63) is 82.1 Å². The second-order valence-electron chi connectivity index (χ2n) is 10.6. The van der Waals surface area contributed by atoms with E-state index in [0.29, 0.717) is 58.2 Å². The van der Waals surface area contributed by atoms with E-state index in [1.807, 2.05) is 18.2 Å². The van der Waals surface area contributed by atoms with Gasteiger partial charge in [0.05, 0.1) is 16.0 Å². The number of halogens is 2. The predicted octanol–water partition coefficient (Wildman–Crippen LogP) is 7.97. The van der Waals surface area contributed by atoms with Gasteiger partial charge >= 0.3 is 0 Å². The molecule has 0 aliphatic rings. The Morgan fingerprint density at radius 3 is 2.65 bits per heavy atom. The molecule has 11 heteroatoms. The van der Waals surface area contributed by atoms with E-state index in [1.54, 1.807) is 42.1 Å². The monoisotopic (exact) mass is 597 g/mol. The van der Waals surface area contributed by atoms with Crippen LogP contribution in [0.25, 0.3) is 22.0 Å². The van der Waals surface area contributed by atoms with E-state index < -0.39 is 8.07 Å². The van der Waals surface area contributed by atoms with Gasteiger partial charge < -0.3 is 23.2 Å². The molecule has 0 fully saturated rings. The number of nitrogens with zero attached hydrogens (tertiary/aromatic N) is 3. The molecule has 0 aliphatic heterocycles. The number of rotatable bonds is 11. The normalized spacial score (nSPS) is 11.9. The van der Waals surface area contributed by atoms with E-state index in [1.165, 1.54) is 6.33 Å². The van der Waals surface area contributed by atoms with E-state index in [0.717, 1.165) is 11.4 Å². The third-order valence-corrected chi connectivity index (χ3v) is 8.64. The lowest BCUT2D eigenvalue weighted by Crippen LogP contribution is -2.22. The van der Waals surface area contributed by atoms with Gasteiger partial charge in [0.1, 0.15) is 42.0 Å². The topological polar surface area (TPSA) is 88.6 Å². The van der Waals surface area contributed by atoms with Crippen LogP contribution in [0.5, 0.6) is 11.5 Å². The van der Waals surface area contributed by atoms with Gasteiger partial charge in [-0.2, -0.15) is 0 Å². The minimum Gasteiger partial charge on any atom is -0.455 e. The molecule has 0 spiro atoms. The summed E-state index contributed by atoms with van der Waals surface area (Å²) in [5.41, 5.74) is 1.76. The molecule has 208 valence electrons. The van der Waals surface area contributed by atoms with Crippen LogP contribution in [0.3, 0.4) is 0 Å². The number of carbonyl (C=O) groups excluding carboxylic acids is 1. The highest BCUT2D eigenvalue weighted by atomic mass is 35.5. The van der Waals surface area contributed by atoms with E-state index in [2.05, 4.69) is 29.6 Å². The molecule has 3 aromatic heterocycles. The van der Waals surface area contributed by atoms with Crippen LogP contribution >= 0.6 is 23.2 Å². The number of carbonyl (C=O) groups is 1. The summed E-state index contributed by atoms with van der Waals surface area (Å²) in [5, 5.41) is 1.76. The summed E-state index contributed by atoms with van der Waals surface area (Å²) in [7, 11) is 0.371. The molecular formula is C29H29Cl2N3O5Si. The fourth-order valence-electron chi connectivity index (χ4n) is 4.30. The van der Waals surface area contributed by atoms with Crippen LogP contribution in [0.15, 0.2) is 59.4 Å². The lowest BCUT2D eigenvalue weighted by Gasteiger charge is -2.15. The van der Waals surface area contributed by atoms with Crippen molar-refractivity contribution in [2.75, 3.05) is 13.7 Å². The van der Waals surface area contributed by atoms with Crippen LogP contribution in [0.2, 0.25) is 35.9 Å². The summed E-state index contributed by atoms with van der Waals surface area (Å²) < 4.78 is 24.8. The van der Waals surface area contributed by atoms with Crippen LogP contribution in [-0.2, 0) is 22.8 Å². The number of aromatic nitrogens is 3. The molecule has 40 heavy (non-hydrogen) atoms. The zero-order valence-corrected chi connectivity index (χ0v) is 25.2. The highest BCUT2D eigenvalue weighted by Crippen LogP contribution is 2.35. The van der Waals surface area contributed by atoms with Crippen molar-refractivity contribution in [2.45, 2.75) is 39.0 Å². The molecule has 0 saturated heterocycles. The zero-order chi connectivity index (χ0) is 28.4. The first-order valence-corrected chi connectivity index (χ1v) is 17.2. The minimum atomic E-state index is -1.24. The van der Waals surface area contributed by atoms with E-state index in [-0.39, 0.29) is 22.7 Å². The Labute approximate surface area is 242 Å². The van der Waals surface area contributed by atoms with E-state index in [4.69, 9.17) is 41.8 Å². The summed E-state index contributed by atoms with van der Waals surface area (Å²) in [6.07, 6.45) is 3.06. The van der Waals surface area contributed by atoms with Crippen molar-refractivity contribution < 1.29 is 23.4 Å². The molecular weight excluding hydrogens is 569 g/mol. The first-order valence-electron chi connectivity index (χ1n) is 12.7. The van der Waals surface area contributed by atoms with Gasteiger partial charge in [0, 0.05) is 45.0 Å². The molecule has 8 nitrogen and oxygen atoms in total. The third-order valence-electron chi connectivity index (χ3n) is 6.34. The van der Waals surface area contributed by atoms with Gasteiger partial charge in [-0.1, -0.05) is 55.0 Å². The summed E-state index contributed by atoms with van der Waals surface area (Å²) >= 11 is 13.0. The van der Waals surface area contributed by atoms with Crippen LogP contribution in [0, 0.1) is 0 Å². The maximum Gasteiger partial charge on any atom is 0.196 e. The van der Waals surface area contributed by atoms with Gasteiger partial charge in [-0.05, 0) is 30.3 Å². The first-order chi connectivity index (χ1) is 19.1. The lowest BCUT2D eigenvalue weighted by molar-refractivity contribution is 0.0896. The van der Waals surface area contributed by atoms with Crippen LogP contribution in [0.1, 0.15) is 21.7 Å². The standard InChI is InChI=1S/C29H29Cl2N3O5Si/c1-36-15-20-12-18-6-5-7-24(27(18)39-20)38-19-8-9-21(23(30)13-19)26(35)22-14-34(17-37-10-11-40(2,3)4)29-25(22)28(31)32-16-33-29/h5-9,12-14,16H,10-11,15,17H2,1-4H3. The number of ether oxygens (including phenoxy) is 3. The highest BCUT2D eigenvalue weighted by molar-refractivity contribution is 6.76. The van der Waals surface area contributed by atoms with Crippen LogP contribution in [-0.4, -0.2) is 42.1 Å². The first kappa shape index (κ1) is 28.3. The maximum absolute atomic E-state index is 13.7. The van der Waals surface area contributed by atoms with Gasteiger partial charge in [0.15, 0.2) is 17.1 Å². The number of hydrogen-bond donors (Lipinski definition) is 0. The van der Waals surface area contributed by atoms with E-state index >= 15 is 0 Å². The SMILES string of the molecule is COCc1cc2cccc(Oc3ccc(C(=O)c4cn(COCC[Si](C)(C)C)c5ncnc(Cl)c45)c(Cl)c3)c2o1. The average molecular weight is 599 g/mol. The van der Waals surface area contributed by atoms with Crippen LogP contribution in [0.4, 0.5) is 0 Å². The number of furan rings is 1. The molecule has 0 aliphatic carbocycles. The molecule has 0 N–H and O–H groups in total. The highest BCUT2D eigenvalue weighted by Gasteiger charge is 2.23. The van der Waals surface area contributed by atoms with E-state index in [9.17, 15) is 4.79 Å². The van der Waals surface area contributed by atoms with Gasteiger partial charge in [-0.3, -0.25) is 4.79 Å². The quantitative estimate of drug-likeness (QED) is 0.0660. The number of fused-ring (bicyclic) bond motifs is 2. The lowest BCUT2D eigenvalue weighted by atomic mass is 10.0. The van der Waals surface area contributed by atoms with Gasteiger partial charge in [0.2, 0.25) is 0 Å². The summed E-state index contributed by atoms with van der Waals surface area (Å²) in [5.74, 6) is 1.36. The fraction of sp³-hybridized carbons (Fsp3) is 0.276. The molecule has 0 saturated carbocycles. The second-order valence-corrected chi connectivity index (χ2v) is 17.0. The van der Waals surface area contributed by atoms with Crippen molar-refractivity contribution >= 4 is 59.1 Å². The fourth-order valence-corrected chi connectivity index (χ4v) is 5.54. The van der Waals surface area contributed by atoms with Gasteiger partial charge in [-0.25, -0.2) is 9.97 Å². The average Bonchev–Trinajstić information content (AvgIpc) is 3.49. The Balaban J connectivity index is 1.40. The molecule has 3 heterocycles. The van der Waals surface area contributed by atoms with Crippen molar-refractivity contribution in [2.24, 2.45) is 0 Å². The van der Waals surface area contributed by atoms with Crippen molar-refractivity contribution in [1.82, 2.24) is 14.5 Å². The Morgan fingerprint density at radius 2 is 1.90 bits per heavy atom.